The van der Waals surface area contributed by atoms with Gasteiger partial charge in [0.2, 0.25) is 10.0 Å². The summed E-state index contributed by atoms with van der Waals surface area (Å²) in [4.78, 5) is 12.8. The normalized spacial score (nSPS) is 19.1. The van der Waals surface area contributed by atoms with E-state index in [9.17, 15) is 13.2 Å². The van der Waals surface area contributed by atoms with Crippen molar-refractivity contribution in [2.75, 3.05) is 19.6 Å². The fraction of sp³-hybridized carbons (Fsp3) is 0.448. The second kappa shape index (κ2) is 10.9. The molecule has 2 saturated heterocycles. The first-order valence-electron chi connectivity index (χ1n) is 13.4. The van der Waals surface area contributed by atoms with Gasteiger partial charge in [0.05, 0.1) is 11.3 Å². The number of nitrogens with zero attached hydrogens (tertiary/aromatic N) is 2. The Hall–Kier alpha value is -2.59. The fourth-order valence-corrected chi connectivity index (χ4v) is 6.95. The summed E-state index contributed by atoms with van der Waals surface area (Å²) in [6.45, 7) is 5.43. The summed E-state index contributed by atoms with van der Waals surface area (Å²) in [7, 11) is -3.26. The maximum Gasteiger partial charge on any atom is 0.216 e. The van der Waals surface area contributed by atoms with Crippen molar-refractivity contribution in [1.82, 2.24) is 14.2 Å². The fourth-order valence-electron chi connectivity index (χ4n) is 5.50. The van der Waals surface area contributed by atoms with Crippen LogP contribution in [-0.4, -0.2) is 59.0 Å². The highest BCUT2D eigenvalue weighted by Crippen LogP contribution is 2.37. The van der Waals surface area contributed by atoms with E-state index in [0.717, 1.165) is 59.0 Å². The number of hydrogen-bond donors (Lipinski definition) is 2. The lowest BCUT2D eigenvalue weighted by Gasteiger charge is -2.33. The van der Waals surface area contributed by atoms with Crippen molar-refractivity contribution in [3.63, 3.8) is 0 Å². The van der Waals surface area contributed by atoms with E-state index in [4.69, 9.17) is 18.0 Å². The van der Waals surface area contributed by atoms with Crippen molar-refractivity contribution >= 4 is 43.9 Å². The number of rotatable bonds is 9. The molecule has 38 heavy (non-hydrogen) atoms. The molecule has 9 heteroatoms. The zero-order valence-electron chi connectivity index (χ0n) is 22.0. The molecule has 3 aromatic rings. The Morgan fingerprint density at radius 1 is 1.13 bits per heavy atom. The van der Waals surface area contributed by atoms with E-state index in [1.807, 2.05) is 18.2 Å². The largest absolute Gasteiger partial charge is 0.389 e. The van der Waals surface area contributed by atoms with Crippen molar-refractivity contribution in [3.8, 4) is 11.1 Å². The van der Waals surface area contributed by atoms with Gasteiger partial charge in [-0.15, -0.1) is 0 Å². The SMILES string of the molecule is CC(C)S(=O)(=O)N1CCC(n2cc(-c3cccc(C(N)=S)c3)c3ccc(CCC(=O)C4CCN4)cc32)CC1. The Labute approximate surface area is 230 Å². The van der Waals surface area contributed by atoms with Crippen LogP contribution in [-0.2, 0) is 21.2 Å². The van der Waals surface area contributed by atoms with E-state index < -0.39 is 15.3 Å². The minimum atomic E-state index is -3.26. The third kappa shape index (κ3) is 5.30. The van der Waals surface area contributed by atoms with Crippen molar-refractivity contribution in [1.29, 1.82) is 0 Å². The number of nitrogens with two attached hydrogens (primary N) is 1. The molecule has 5 rings (SSSR count). The van der Waals surface area contributed by atoms with Crippen LogP contribution in [0.5, 0.6) is 0 Å². The second-order valence-electron chi connectivity index (χ2n) is 10.7. The number of Topliss-reactive ketones (excluding diaryl/α,β-unsaturated/α-hetero) is 1. The van der Waals surface area contributed by atoms with E-state index in [2.05, 4.69) is 40.3 Å². The molecule has 0 amide bonds. The topological polar surface area (TPSA) is 97.4 Å². The van der Waals surface area contributed by atoms with Crippen LogP contribution in [0.25, 0.3) is 22.0 Å². The third-order valence-electron chi connectivity index (χ3n) is 8.00. The summed E-state index contributed by atoms with van der Waals surface area (Å²) in [6, 6.07) is 14.6. The van der Waals surface area contributed by atoms with Crippen LogP contribution in [0.2, 0.25) is 0 Å². The molecule has 0 bridgehead atoms. The smallest absolute Gasteiger partial charge is 0.216 e. The van der Waals surface area contributed by atoms with E-state index in [1.165, 1.54) is 0 Å². The Bertz CT molecular complexity index is 1470. The predicted octanol–water partition coefficient (Wildman–Crippen LogP) is 4.18. The third-order valence-corrected chi connectivity index (χ3v) is 10.5. The number of hydrogen-bond acceptors (Lipinski definition) is 5. The van der Waals surface area contributed by atoms with Gasteiger partial charge >= 0.3 is 0 Å². The van der Waals surface area contributed by atoms with Gasteiger partial charge in [-0.3, -0.25) is 4.79 Å². The van der Waals surface area contributed by atoms with Crippen LogP contribution < -0.4 is 11.1 Å². The highest BCUT2D eigenvalue weighted by atomic mass is 32.2. The summed E-state index contributed by atoms with van der Waals surface area (Å²) in [5.41, 5.74) is 11.1. The Morgan fingerprint density at radius 2 is 1.87 bits per heavy atom. The molecular weight excluding hydrogens is 516 g/mol. The lowest BCUT2D eigenvalue weighted by molar-refractivity contribution is -0.122. The maximum atomic E-state index is 12.7. The van der Waals surface area contributed by atoms with Gasteiger partial charge in [0.15, 0.2) is 0 Å². The van der Waals surface area contributed by atoms with E-state index >= 15 is 0 Å². The Morgan fingerprint density at radius 3 is 2.50 bits per heavy atom. The monoisotopic (exact) mass is 552 g/mol. The summed E-state index contributed by atoms with van der Waals surface area (Å²) in [5, 5.41) is 3.91. The first-order valence-corrected chi connectivity index (χ1v) is 15.3. The maximum absolute atomic E-state index is 12.7. The Balaban J connectivity index is 1.48. The van der Waals surface area contributed by atoms with E-state index in [0.29, 0.717) is 30.9 Å². The number of benzene rings is 2. The number of nitrogens with one attached hydrogen (secondary N) is 1. The van der Waals surface area contributed by atoms with Crippen LogP contribution in [0.1, 0.15) is 56.7 Å². The average Bonchev–Trinajstić information content (AvgIpc) is 3.25. The number of thiocarbonyl (C=S) groups is 1. The predicted molar refractivity (Wildman–Crippen MR) is 157 cm³/mol. The van der Waals surface area contributed by atoms with Gasteiger partial charge in [0.1, 0.15) is 10.8 Å². The summed E-state index contributed by atoms with van der Waals surface area (Å²) >= 11 is 5.22. The number of carbonyl (C=O) groups excluding carboxylic acids is 1. The van der Waals surface area contributed by atoms with Crippen LogP contribution in [0.4, 0.5) is 0 Å². The molecule has 0 saturated carbocycles. The second-order valence-corrected chi connectivity index (χ2v) is 13.7. The molecule has 2 aliphatic rings. The molecule has 3 N–H and O–H groups in total. The van der Waals surface area contributed by atoms with Gasteiger partial charge < -0.3 is 15.6 Å². The highest BCUT2D eigenvalue weighted by molar-refractivity contribution is 7.89. The number of fused-ring (bicyclic) bond motifs is 1. The molecule has 1 unspecified atom stereocenters. The molecule has 0 aliphatic carbocycles. The van der Waals surface area contributed by atoms with Gasteiger partial charge in [-0.2, -0.15) is 0 Å². The van der Waals surface area contributed by atoms with Gasteiger partial charge in [0, 0.05) is 53.8 Å². The first kappa shape index (κ1) is 27.0. The highest BCUT2D eigenvalue weighted by Gasteiger charge is 2.31. The standard InChI is InChI=1S/C29H36N4O3S2/c1-19(2)38(35,36)32-14-11-23(12-15-32)33-18-25(21-4-3-5-22(17-21)29(30)37)24-8-6-20(16-27(24)33)7-9-28(34)26-10-13-31-26/h3-6,8,16-19,23,26,31H,7,9-15H2,1-2H3,(H2,30,37). The van der Waals surface area contributed by atoms with E-state index in [1.54, 1.807) is 18.2 Å². The van der Waals surface area contributed by atoms with Crippen LogP contribution in [0.15, 0.2) is 48.7 Å². The van der Waals surface area contributed by atoms with Crippen molar-refractivity contribution < 1.29 is 13.2 Å². The number of aromatic nitrogens is 1. The molecule has 0 radical (unpaired) electrons. The summed E-state index contributed by atoms with van der Waals surface area (Å²) in [5.74, 6) is 0.278. The van der Waals surface area contributed by atoms with Gasteiger partial charge in [0.25, 0.3) is 0 Å². The number of carbonyl (C=O) groups is 1. The zero-order valence-corrected chi connectivity index (χ0v) is 23.7. The molecule has 2 aliphatic heterocycles. The van der Waals surface area contributed by atoms with Crippen LogP contribution in [0.3, 0.4) is 0 Å². The molecule has 3 heterocycles. The van der Waals surface area contributed by atoms with E-state index in [-0.39, 0.29) is 17.9 Å². The first-order chi connectivity index (χ1) is 18.1. The molecule has 0 spiro atoms. The lowest BCUT2D eigenvalue weighted by atomic mass is 9.96. The Kier molecular flexibility index (Phi) is 7.73. The van der Waals surface area contributed by atoms with Crippen molar-refractivity contribution in [2.45, 2.75) is 63.3 Å². The molecule has 7 nitrogen and oxygen atoms in total. The minimum Gasteiger partial charge on any atom is -0.389 e. The van der Waals surface area contributed by atoms with Crippen LogP contribution in [0, 0.1) is 0 Å². The molecular formula is C29H36N4O3S2. The lowest BCUT2D eigenvalue weighted by Crippen LogP contribution is -2.48. The average molecular weight is 553 g/mol. The molecule has 202 valence electrons. The number of ketones is 1. The van der Waals surface area contributed by atoms with Gasteiger partial charge in [-0.1, -0.05) is 42.5 Å². The number of piperidine rings is 1. The zero-order chi connectivity index (χ0) is 27.0. The quantitative estimate of drug-likeness (QED) is 0.387. The molecule has 1 aromatic heterocycles. The van der Waals surface area contributed by atoms with Crippen molar-refractivity contribution in [3.05, 3.63) is 59.8 Å². The number of sulfonamides is 1. The molecule has 1 atom stereocenters. The molecule has 2 fully saturated rings. The van der Waals surface area contributed by atoms with Gasteiger partial charge in [-0.25, -0.2) is 12.7 Å². The minimum absolute atomic E-state index is 0.0161. The van der Waals surface area contributed by atoms with Crippen molar-refractivity contribution in [2.24, 2.45) is 5.73 Å². The summed E-state index contributed by atoms with van der Waals surface area (Å²) in [6.07, 6.45) is 5.85. The van der Waals surface area contributed by atoms with Crippen LogP contribution >= 0.6 is 12.2 Å². The van der Waals surface area contributed by atoms with Gasteiger partial charge in [-0.05, 0) is 69.3 Å². The number of aryl methyl sites for hydroxylation is 1. The molecule has 2 aromatic carbocycles. The summed E-state index contributed by atoms with van der Waals surface area (Å²) < 4.78 is 29.4.